The summed E-state index contributed by atoms with van der Waals surface area (Å²) < 4.78 is 5.19. The molecular weight excluding hydrogens is 460 g/mol. The third-order valence-electron chi connectivity index (χ3n) is 6.17. The van der Waals surface area contributed by atoms with Crippen molar-refractivity contribution in [2.75, 3.05) is 6.54 Å². The van der Waals surface area contributed by atoms with Crippen LogP contribution in [0, 0.1) is 0 Å². The Morgan fingerprint density at radius 3 is 2.14 bits per heavy atom. The molecule has 8 heteroatoms. The molecular formula is C28H36N2O6. The molecule has 36 heavy (non-hydrogen) atoms. The number of carbonyl (C=O) groups is 3. The quantitative estimate of drug-likeness (QED) is 0.479. The molecule has 2 aromatic rings. The number of carbonyl (C=O) groups excluding carboxylic acids is 2. The molecule has 1 aliphatic heterocycles. The Balaban J connectivity index is 0.000000433. The van der Waals surface area contributed by atoms with Gasteiger partial charge in [0.05, 0.1) is 12.5 Å². The maximum absolute atomic E-state index is 13.2. The molecule has 0 aromatic heterocycles. The van der Waals surface area contributed by atoms with Gasteiger partial charge >= 0.3 is 12.1 Å². The number of hydrogen-bond donors (Lipinski definition) is 3. The zero-order chi connectivity index (χ0) is 26.5. The van der Waals surface area contributed by atoms with Crippen LogP contribution in [0.25, 0.3) is 0 Å². The molecule has 4 rings (SSSR count). The fourth-order valence-corrected chi connectivity index (χ4v) is 4.39. The summed E-state index contributed by atoms with van der Waals surface area (Å²) in [5, 5.41) is 21.8. The lowest BCUT2D eigenvalue weighted by molar-refractivity contribution is -0.141. The Labute approximate surface area is 212 Å². The number of ether oxygens (including phenoxy) is 1. The fraction of sp³-hybridized carbons (Fsp3) is 0.464. The second-order valence-corrected chi connectivity index (χ2v) is 10.4. The van der Waals surface area contributed by atoms with Crippen LogP contribution < -0.4 is 5.32 Å². The van der Waals surface area contributed by atoms with Gasteiger partial charge < -0.3 is 25.2 Å². The first-order valence-corrected chi connectivity index (χ1v) is 12.3. The van der Waals surface area contributed by atoms with E-state index in [1.54, 1.807) is 20.8 Å². The Hall–Kier alpha value is -3.39. The number of alkyl carbamates (subject to hydrolysis) is 1. The summed E-state index contributed by atoms with van der Waals surface area (Å²) in [6.07, 6.45) is -0.441. The summed E-state index contributed by atoms with van der Waals surface area (Å²) in [6, 6.07) is 16.4. The highest BCUT2D eigenvalue weighted by Crippen LogP contribution is 2.34. The standard InChI is InChI=1S/C21H30N2O6.C7H6/c1-13(24)18(22-20(28)29-21(2,3)4)19(27)23-12-15(10-16(23)11-17(25)26)14-8-6-5-7-9-14;1-2-4-7-5-6(7)3-1/h5-9,13,15-16,18,24H,10-12H2,1-4H3,(H,22,28)(H,25,26);1-4H,5H2/t13?,15-,16+,18?;/m0./s1. The van der Waals surface area contributed by atoms with Crippen LogP contribution in [0.15, 0.2) is 54.6 Å². The lowest BCUT2D eigenvalue weighted by atomic mass is 9.95. The lowest BCUT2D eigenvalue weighted by Crippen LogP contribution is -2.55. The summed E-state index contributed by atoms with van der Waals surface area (Å²) >= 11 is 0. The number of aliphatic carboxylic acids is 1. The van der Waals surface area contributed by atoms with Gasteiger partial charge in [0.1, 0.15) is 11.6 Å². The molecule has 1 saturated heterocycles. The van der Waals surface area contributed by atoms with Crippen molar-refractivity contribution >= 4 is 18.0 Å². The number of benzene rings is 2. The van der Waals surface area contributed by atoms with E-state index in [2.05, 4.69) is 29.6 Å². The highest BCUT2D eigenvalue weighted by molar-refractivity contribution is 5.87. The van der Waals surface area contributed by atoms with Gasteiger partial charge in [-0.05, 0) is 57.2 Å². The topological polar surface area (TPSA) is 116 Å². The number of carboxylic acids is 1. The van der Waals surface area contributed by atoms with Crippen LogP contribution in [-0.2, 0) is 20.7 Å². The second-order valence-electron chi connectivity index (χ2n) is 10.4. The fourth-order valence-electron chi connectivity index (χ4n) is 4.39. The first kappa shape index (κ1) is 27.2. The molecule has 8 nitrogen and oxygen atoms in total. The van der Waals surface area contributed by atoms with Crippen molar-refractivity contribution in [2.45, 2.75) is 76.7 Å². The molecule has 1 heterocycles. The zero-order valence-corrected chi connectivity index (χ0v) is 21.3. The van der Waals surface area contributed by atoms with Crippen LogP contribution in [0.3, 0.4) is 0 Å². The average molecular weight is 497 g/mol. The van der Waals surface area contributed by atoms with E-state index in [9.17, 15) is 24.6 Å². The molecule has 0 saturated carbocycles. The van der Waals surface area contributed by atoms with E-state index in [0.29, 0.717) is 13.0 Å². The molecule has 3 N–H and O–H groups in total. The van der Waals surface area contributed by atoms with E-state index < -0.39 is 41.8 Å². The van der Waals surface area contributed by atoms with Crippen LogP contribution in [0.5, 0.6) is 0 Å². The van der Waals surface area contributed by atoms with Gasteiger partial charge in [-0.1, -0.05) is 54.6 Å². The van der Waals surface area contributed by atoms with Crippen LogP contribution in [0.4, 0.5) is 4.79 Å². The summed E-state index contributed by atoms with van der Waals surface area (Å²) in [7, 11) is 0. The number of amides is 2. The molecule has 2 aliphatic rings. The largest absolute Gasteiger partial charge is 0.481 e. The van der Waals surface area contributed by atoms with Gasteiger partial charge in [0, 0.05) is 18.5 Å². The van der Waals surface area contributed by atoms with Crippen LogP contribution in [0.1, 0.15) is 63.1 Å². The van der Waals surface area contributed by atoms with Crippen molar-refractivity contribution in [1.29, 1.82) is 0 Å². The van der Waals surface area contributed by atoms with E-state index in [1.807, 2.05) is 30.3 Å². The van der Waals surface area contributed by atoms with Crippen molar-refractivity contribution in [3.8, 4) is 0 Å². The number of fused-ring (bicyclic) bond motifs is 1. The minimum atomic E-state index is -1.23. The third kappa shape index (κ3) is 7.81. The molecule has 0 radical (unpaired) electrons. The van der Waals surface area contributed by atoms with Gasteiger partial charge in [0.25, 0.3) is 0 Å². The van der Waals surface area contributed by atoms with Gasteiger partial charge in [-0.25, -0.2) is 4.79 Å². The van der Waals surface area contributed by atoms with E-state index in [-0.39, 0.29) is 12.3 Å². The second kappa shape index (κ2) is 11.6. The maximum atomic E-state index is 13.2. The lowest BCUT2D eigenvalue weighted by Gasteiger charge is -2.30. The predicted molar refractivity (Wildman–Crippen MR) is 136 cm³/mol. The first-order chi connectivity index (χ1) is 16.9. The number of likely N-dealkylation sites (tertiary alicyclic amines) is 1. The monoisotopic (exact) mass is 496 g/mol. The van der Waals surface area contributed by atoms with Crippen molar-refractivity contribution in [3.05, 3.63) is 71.3 Å². The van der Waals surface area contributed by atoms with Gasteiger partial charge in [-0.2, -0.15) is 0 Å². The number of aliphatic hydroxyl groups excluding tert-OH is 1. The van der Waals surface area contributed by atoms with Crippen LogP contribution >= 0.6 is 0 Å². The molecule has 4 atom stereocenters. The Morgan fingerprint density at radius 1 is 1.06 bits per heavy atom. The first-order valence-electron chi connectivity index (χ1n) is 12.3. The zero-order valence-electron chi connectivity index (χ0n) is 21.3. The van der Waals surface area contributed by atoms with Gasteiger partial charge in [-0.15, -0.1) is 0 Å². The van der Waals surface area contributed by atoms with E-state index >= 15 is 0 Å². The Kier molecular flexibility index (Phi) is 8.74. The smallest absolute Gasteiger partial charge is 0.408 e. The van der Waals surface area contributed by atoms with Gasteiger partial charge in [0.2, 0.25) is 5.91 Å². The number of aliphatic hydroxyl groups is 1. The molecule has 2 unspecified atom stereocenters. The summed E-state index contributed by atoms with van der Waals surface area (Å²) in [4.78, 5) is 38.1. The average Bonchev–Trinajstić information content (AvgIpc) is 3.48. The Morgan fingerprint density at radius 2 is 1.64 bits per heavy atom. The van der Waals surface area contributed by atoms with E-state index in [4.69, 9.17) is 4.74 Å². The van der Waals surface area contributed by atoms with E-state index in [0.717, 1.165) is 5.56 Å². The molecule has 0 bridgehead atoms. The van der Waals surface area contributed by atoms with Crippen molar-refractivity contribution in [1.82, 2.24) is 10.2 Å². The summed E-state index contributed by atoms with van der Waals surface area (Å²) in [5.41, 5.74) is 3.32. The van der Waals surface area contributed by atoms with Crippen LogP contribution in [0.2, 0.25) is 0 Å². The number of nitrogens with one attached hydrogen (secondary N) is 1. The minimum absolute atomic E-state index is 0.0133. The normalized spacial score (nSPS) is 19.8. The minimum Gasteiger partial charge on any atom is -0.481 e. The summed E-state index contributed by atoms with van der Waals surface area (Å²) in [6.45, 7) is 6.80. The predicted octanol–water partition coefficient (Wildman–Crippen LogP) is 3.71. The molecule has 1 fully saturated rings. The Bertz CT molecular complexity index is 1040. The third-order valence-corrected chi connectivity index (χ3v) is 6.17. The van der Waals surface area contributed by atoms with Crippen molar-refractivity contribution in [3.63, 3.8) is 0 Å². The maximum Gasteiger partial charge on any atom is 0.408 e. The van der Waals surface area contributed by atoms with Crippen molar-refractivity contribution in [2.24, 2.45) is 0 Å². The molecule has 0 spiro atoms. The SMILES string of the molecule is CC(O)C(NC(=O)OC(C)(C)C)C(=O)N1C[C@@H](c2ccccc2)C[C@@H]1CC(=O)O.c1ccc2c(c1)C2. The van der Waals surface area contributed by atoms with Gasteiger partial charge in [0.15, 0.2) is 0 Å². The number of carboxylic acid groups (broad SMARTS) is 1. The van der Waals surface area contributed by atoms with Gasteiger partial charge in [-0.3, -0.25) is 9.59 Å². The van der Waals surface area contributed by atoms with E-state index in [1.165, 1.54) is 29.4 Å². The highest BCUT2D eigenvalue weighted by atomic mass is 16.6. The molecule has 1 aliphatic carbocycles. The highest BCUT2D eigenvalue weighted by Gasteiger charge is 2.41. The van der Waals surface area contributed by atoms with Crippen LogP contribution in [-0.4, -0.2) is 63.4 Å². The van der Waals surface area contributed by atoms with Crippen molar-refractivity contribution < 1.29 is 29.3 Å². The number of rotatable bonds is 6. The summed E-state index contributed by atoms with van der Waals surface area (Å²) in [5.74, 6) is -1.54. The number of nitrogens with zero attached hydrogens (tertiary/aromatic N) is 1. The molecule has 2 amide bonds. The number of hydrogen-bond acceptors (Lipinski definition) is 5. The molecule has 2 aromatic carbocycles. The molecule has 194 valence electrons.